The maximum absolute atomic E-state index is 12.6. The van der Waals surface area contributed by atoms with Gasteiger partial charge >= 0.3 is 0 Å². The van der Waals surface area contributed by atoms with Gasteiger partial charge < -0.3 is 5.32 Å². The van der Waals surface area contributed by atoms with E-state index in [-0.39, 0.29) is 17.1 Å². The predicted octanol–water partition coefficient (Wildman–Crippen LogP) is 7.92. The van der Waals surface area contributed by atoms with Crippen molar-refractivity contribution in [2.45, 2.75) is 31.3 Å². The molecule has 0 fully saturated rings. The first kappa shape index (κ1) is 25.6. The lowest BCUT2D eigenvalue weighted by atomic mass is 9.87. The summed E-state index contributed by atoms with van der Waals surface area (Å²) in [6.07, 6.45) is 0. The molecule has 4 rings (SSSR count). The van der Waals surface area contributed by atoms with Crippen LogP contribution in [0.3, 0.4) is 0 Å². The van der Waals surface area contributed by atoms with Crippen LogP contribution in [-0.4, -0.2) is 26.4 Å². The van der Waals surface area contributed by atoms with E-state index >= 15 is 0 Å². The molecule has 0 unspecified atom stereocenters. The number of thioether (sulfide) groups is 1. The highest BCUT2D eigenvalue weighted by molar-refractivity contribution is 7.99. The molecule has 1 heterocycles. The second-order valence-corrected chi connectivity index (χ2v) is 11.1. The van der Waals surface area contributed by atoms with Gasteiger partial charge in [0.15, 0.2) is 11.0 Å². The Morgan fingerprint density at radius 2 is 1.60 bits per heavy atom. The lowest BCUT2D eigenvalue weighted by Gasteiger charge is -2.19. The molecule has 0 saturated carbocycles. The number of hydrogen-bond acceptors (Lipinski definition) is 4. The molecule has 0 aliphatic carbocycles. The van der Waals surface area contributed by atoms with E-state index in [9.17, 15) is 4.79 Å². The Labute approximate surface area is 223 Å². The average Bonchev–Trinajstić information content (AvgIpc) is 3.24. The highest BCUT2D eigenvalue weighted by Crippen LogP contribution is 2.31. The van der Waals surface area contributed by atoms with Crippen LogP contribution in [0.5, 0.6) is 0 Å². The normalized spacial score (nSPS) is 11.5. The zero-order chi connectivity index (χ0) is 25.2. The Hall–Kier alpha value is -2.51. The number of amides is 1. The van der Waals surface area contributed by atoms with Gasteiger partial charge in [-0.1, -0.05) is 91.6 Å². The minimum absolute atomic E-state index is 0.0467. The molecule has 5 nitrogen and oxygen atoms in total. The van der Waals surface area contributed by atoms with Gasteiger partial charge in [-0.3, -0.25) is 9.36 Å². The molecule has 0 aliphatic heterocycles. The Kier molecular flexibility index (Phi) is 7.77. The molecule has 0 spiro atoms. The van der Waals surface area contributed by atoms with Gasteiger partial charge in [0.25, 0.3) is 0 Å². The van der Waals surface area contributed by atoms with Crippen molar-refractivity contribution in [2.75, 3.05) is 11.1 Å². The lowest BCUT2D eigenvalue weighted by molar-refractivity contribution is -0.113. The number of nitrogens with one attached hydrogen (secondary N) is 1. The molecule has 3 aromatic carbocycles. The molecule has 0 saturated heterocycles. The topological polar surface area (TPSA) is 59.8 Å². The highest BCUT2D eigenvalue weighted by Gasteiger charge is 2.19. The number of aromatic nitrogens is 3. The van der Waals surface area contributed by atoms with Crippen molar-refractivity contribution < 1.29 is 4.79 Å². The summed E-state index contributed by atoms with van der Waals surface area (Å²) >= 11 is 19.4. The van der Waals surface area contributed by atoms with Crippen molar-refractivity contribution in [2.24, 2.45) is 0 Å². The van der Waals surface area contributed by atoms with Gasteiger partial charge in [0.2, 0.25) is 5.91 Å². The highest BCUT2D eigenvalue weighted by atomic mass is 35.5. The van der Waals surface area contributed by atoms with Gasteiger partial charge in [-0.15, -0.1) is 10.2 Å². The number of carbonyl (C=O) groups excluding carboxylic acids is 1. The van der Waals surface area contributed by atoms with Crippen LogP contribution < -0.4 is 5.32 Å². The van der Waals surface area contributed by atoms with E-state index in [1.807, 2.05) is 41.0 Å². The summed E-state index contributed by atoms with van der Waals surface area (Å²) in [5.74, 6) is 0.616. The number of rotatable bonds is 6. The maximum Gasteiger partial charge on any atom is 0.234 e. The maximum atomic E-state index is 12.6. The molecule has 1 amide bonds. The quantitative estimate of drug-likeness (QED) is 0.250. The van der Waals surface area contributed by atoms with E-state index in [1.54, 1.807) is 18.2 Å². The molecule has 0 bridgehead atoms. The third-order valence-electron chi connectivity index (χ3n) is 5.26. The molecular formula is C26H23Cl3N4OS. The number of benzene rings is 3. The summed E-state index contributed by atoms with van der Waals surface area (Å²) < 4.78 is 1.93. The van der Waals surface area contributed by atoms with Crippen LogP contribution in [0.1, 0.15) is 26.3 Å². The van der Waals surface area contributed by atoms with E-state index in [2.05, 4.69) is 48.4 Å². The molecule has 4 aromatic rings. The molecule has 35 heavy (non-hydrogen) atoms. The summed E-state index contributed by atoms with van der Waals surface area (Å²) in [7, 11) is 0. The molecule has 9 heteroatoms. The van der Waals surface area contributed by atoms with E-state index in [4.69, 9.17) is 34.8 Å². The Morgan fingerprint density at radius 1 is 0.914 bits per heavy atom. The van der Waals surface area contributed by atoms with Gasteiger partial charge in [0, 0.05) is 22.0 Å². The fourth-order valence-corrected chi connectivity index (χ4v) is 4.57. The number of hydrogen-bond donors (Lipinski definition) is 1. The van der Waals surface area contributed by atoms with Crippen LogP contribution in [0, 0.1) is 0 Å². The fraction of sp³-hybridized carbons (Fsp3) is 0.192. The zero-order valence-electron chi connectivity index (χ0n) is 19.3. The largest absolute Gasteiger partial charge is 0.325 e. The van der Waals surface area contributed by atoms with E-state index < -0.39 is 0 Å². The monoisotopic (exact) mass is 544 g/mol. The van der Waals surface area contributed by atoms with Crippen LogP contribution in [0.2, 0.25) is 15.1 Å². The smallest absolute Gasteiger partial charge is 0.234 e. The zero-order valence-corrected chi connectivity index (χ0v) is 22.4. The molecule has 180 valence electrons. The molecule has 0 radical (unpaired) electrons. The Balaban J connectivity index is 1.60. The minimum atomic E-state index is -0.199. The molecule has 1 aromatic heterocycles. The van der Waals surface area contributed by atoms with E-state index in [1.165, 1.54) is 17.3 Å². The molecular weight excluding hydrogens is 523 g/mol. The SMILES string of the molecule is CC(C)(C)c1ccc(-c2nnc(SCC(=O)Nc3ccc(Cl)c(Cl)c3)n2-c2ccc(Cl)cc2)cc1. The number of nitrogens with zero attached hydrogens (tertiary/aromatic N) is 3. The van der Waals surface area contributed by atoms with Gasteiger partial charge in [-0.25, -0.2) is 0 Å². The second-order valence-electron chi connectivity index (χ2n) is 8.91. The third kappa shape index (κ3) is 6.19. The van der Waals surface area contributed by atoms with Gasteiger partial charge in [-0.05, 0) is 53.4 Å². The first-order chi connectivity index (χ1) is 16.6. The van der Waals surface area contributed by atoms with Crippen LogP contribution in [-0.2, 0) is 10.2 Å². The minimum Gasteiger partial charge on any atom is -0.325 e. The Morgan fingerprint density at radius 3 is 2.23 bits per heavy atom. The van der Waals surface area contributed by atoms with E-state index in [0.717, 1.165) is 11.3 Å². The fourth-order valence-electron chi connectivity index (χ4n) is 3.39. The number of carbonyl (C=O) groups is 1. The summed E-state index contributed by atoms with van der Waals surface area (Å²) in [5.41, 5.74) is 3.62. The summed E-state index contributed by atoms with van der Waals surface area (Å²) in [6, 6.07) is 20.7. The molecule has 0 aliphatic rings. The molecule has 1 N–H and O–H groups in total. The van der Waals surface area contributed by atoms with Crippen molar-refractivity contribution in [1.29, 1.82) is 0 Å². The lowest BCUT2D eigenvalue weighted by Crippen LogP contribution is -2.14. The van der Waals surface area contributed by atoms with Crippen LogP contribution in [0.25, 0.3) is 17.1 Å². The van der Waals surface area contributed by atoms with Crippen molar-refractivity contribution >= 4 is 58.2 Å². The van der Waals surface area contributed by atoms with Gasteiger partial charge in [-0.2, -0.15) is 0 Å². The predicted molar refractivity (Wildman–Crippen MR) is 146 cm³/mol. The number of anilines is 1. The van der Waals surface area contributed by atoms with Gasteiger partial charge in [0.1, 0.15) is 0 Å². The van der Waals surface area contributed by atoms with Crippen LogP contribution >= 0.6 is 46.6 Å². The average molecular weight is 546 g/mol. The second kappa shape index (κ2) is 10.6. The molecule has 0 atom stereocenters. The van der Waals surface area contributed by atoms with Crippen LogP contribution in [0.4, 0.5) is 5.69 Å². The first-order valence-corrected chi connectivity index (χ1v) is 12.9. The van der Waals surface area contributed by atoms with Crippen molar-refractivity contribution in [3.05, 3.63) is 87.4 Å². The van der Waals surface area contributed by atoms with E-state index in [0.29, 0.717) is 31.7 Å². The summed E-state index contributed by atoms with van der Waals surface area (Å²) in [6.45, 7) is 6.53. The van der Waals surface area contributed by atoms with Crippen molar-refractivity contribution in [1.82, 2.24) is 14.8 Å². The van der Waals surface area contributed by atoms with Crippen LogP contribution in [0.15, 0.2) is 71.9 Å². The number of halogens is 3. The van der Waals surface area contributed by atoms with Crippen molar-refractivity contribution in [3.63, 3.8) is 0 Å². The van der Waals surface area contributed by atoms with Crippen molar-refractivity contribution in [3.8, 4) is 17.1 Å². The van der Waals surface area contributed by atoms with Gasteiger partial charge in [0.05, 0.1) is 15.8 Å². The summed E-state index contributed by atoms with van der Waals surface area (Å²) in [4.78, 5) is 12.6. The first-order valence-electron chi connectivity index (χ1n) is 10.8. The standard InChI is InChI=1S/C26H23Cl3N4OS/c1-26(2,3)17-6-4-16(5-7-17)24-31-32-25(33(24)20-11-8-18(27)9-12-20)35-15-23(34)30-19-10-13-21(28)22(29)14-19/h4-14H,15H2,1-3H3,(H,30,34). The summed E-state index contributed by atoms with van der Waals surface area (Å²) in [5, 5.41) is 13.7. The third-order valence-corrected chi connectivity index (χ3v) is 7.18. The Bertz CT molecular complexity index is 1350.